The van der Waals surface area contributed by atoms with Crippen LogP contribution < -0.4 is 0 Å². The predicted molar refractivity (Wildman–Crippen MR) is 64.0 cm³/mol. The second-order valence-electron chi connectivity index (χ2n) is 4.53. The van der Waals surface area contributed by atoms with Crippen molar-refractivity contribution < 1.29 is 14.3 Å². The van der Waals surface area contributed by atoms with E-state index in [1.54, 1.807) is 12.1 Å². The molecule has 0 radical (unpaired) electrons. The van der Waals surface area contributed by atoms with Crippen molar-refractivity contribution in [2.75, 3.05) is 0 Å². The molecule has 17 heavy (non-hydrogen) atoms. The SMILES string of the molecule is CCc1cc(Cl)c(F)c(C2(C(=O)O)CCC2)c1. The molecule has 0 saturated heterocycles. The minimum Gasteiger partial charge on any atom is -0.481 e. The molecule has 1 aromatic carbocycles. The Morgan fingerprint density at radius 1 is 1.53 bits per heavy atom. The average molecular weight is 257 g/mol. The van der Waals surface area contributed by atoms with Crippen molar-refractivity contribution in [2.24, 2.45) is 0 Å². The van der Waals surface area contributed by atoms with Gasteiger partial charge in [0.25, 0.3) is 0 Å². The fourth-order valence-corrected chi connectivity index (χ4v) is 2.57. The van der Waals surface area contributed by atoms with E-state index in [0.717, 1.165) is 12.0 Å². The van der Waals surface area contributed by atoms with Crippen LogP contribution in [0.4, 0.5) is 4.39 Å². The zero-order chi connectivity index (χ0) is 12.6. The molecule has 1 fully saturated rings. The van der Waals surface area contributed by atoms with Crippen LogP contribution >= 0.6 is 11.6 Å². The number of aliphatic carboxylic acids is 1. The molecule has 1 saturated carbocycles. The van der Waals surface area contributed by atoms with Crippen LogP contribution in [-0.4, -0.2) is 11.1 Å². The molecule has 1 aliphatic carbocycles. The highest BCUT2D eigenvalue weighted by Crippen LogP contribution is 2.46. The maximum atomic E-state index is 14.0. The molecule has 0 bridgehead atoms. The van der Waals surface area contributed by atoms with Gasteiger partial charge in [-0.25, -0.2) is 4.39 Å². The summed E-state index contributed by atoms with van der Waals surface area (Å²) in [6.45, 7) is 1.93. The van der Waals surface area contributed by atoms with Crippen LogP contribution in [0.2, 0.25) is 5.02 Å². The highest BCUT2D eigenvalue weighted by Gasteiger charge is 2.48. The van der Waals surface area contributed by atoms with Gasteiger partial charge in [-0.05, 0) is 30.9 Å². The van der Waals surface area contributed by atoms with Gasteiger partial charge in [-0.1, -0.05) is 31.0 Å². The summed E-state index contributed by atoms with van der Waals surface area (Å²) in [5, 5.41) is 9.33. The van der Waals surface area contributed by atoms with Gasteiger partial charge in [-0.15, -0.1) is 0 Å². The quantitative estimate of drug-likeness (QED) is 0.898. The number of benzene rings is 1. The number of rotatable bonds is 3. The smallest absolute Gasteiger partial charge is 0.314 e. The molecule has 1 N–H and O–H groups in total. The van der Waals surface area contributed by atoms with Crippen LogP contribution in [-0.2, 0) is 16.6 Å². The van der Waals surface area contributed by atoms with E-state index in [9.17, 15) is 14.3 Å². The van der Waals surface area contributed by atoms with Gasteiger partial charge in [0.1, 0.15) is 5.82 Å². The summed E-state index contributed by atoms with van der Waals surface area (Å²) >= 11 is 5.82. The number of aryl methyl sites for hydroxylation is 1. The van der Waals surface area contributed by atoms with Crippen molar-refractivity contribution in [1.29, 1.82) is 0 Å². The van der Waals surface area contributed by atoms with Crippen molar-refractivity contribution in [3.8, 4) is 0 Å². The van der Waals surface area contributed by atoms with Crippen molar-refractivity contribution in [3.05, 3.63) is 34.1 Å². The lowest BCUT2D eigenvalue weighted by atomic mass is 9.64. The normalized spacial score (nSPS) is 17.6. The van der Waals surface area contributed by atoms with Crippen molar-refractivity contribution in [2.45, 2.75) is 38.0 Å². The van der Waals surface area contributed by atoms with Crippen molar-refractivity contribution in [3.63, 3.8) is 0 Å². The first kappa shape index (κ1) is 12.4. The molecule has 2 nitrogen and oxygen atoms in total. The fourth-order valence-electron chi connectivity index (χ4n) is 2.33. The van der Waals surface area contributed by atoms with Crippen LogP contribution in [0.3, 0.4) is 0 Å². The van der Waals surface area contributed by atoms with E-state index in [1.165, 1.54) is 0 Å². The Kier molecular flexibility index (Phi) is 3.13. The Hall–Kier alpha value is -1.09. The highest BCUT2D eigenvalue weighted by molar-refractivity contribution is 6.30. The highest BCUT2D eigenvalue weighted by atomic mass is 35.5. The van der Waals surface area contributed by atoms with Crippen LogP contribution in [0.15, 0.2) is 12.1 Å². The zero-order valence-electron chi connectivity index (χ0n) is 9.59. The van der Waals surface area contributed by atoms with Gasteiger partial charge >= 0.3 is 5.97 Å². The molecule has 0 atom stereocenters. The third kappa shape index (κ3) is 1.82. The molecule has 1 aromatic rings. The van der Waals surface area contributed by atoms with Gasteiger partial charge in [-0.2, -0.15) is 0 Å². The first-order valence-electron chi connectivity index (χ1n) is 5.73. The molecule has 0 unspecified atom stereocenters. The summed E-state index contributed by atoms with van der Waals surface area (Å²) in [6.07, 6.45) is 2.51. The zero-order valence-corrected chi connectivity index (χ0v) is 10.4. The standard InChI is InChI=1S/C13H14ClFO2/c1-2-8-6-9(11(15)10(14)7-8)13(12(16)17)4-3-5-13/h6-7H,2-5H2,1H3,(H,16,17). The number of carboxylic acid groups (broad SMARTS) is 1. The van der Waals surface area contributed by atoms with Crippen LogP contribution in [0.25, 0.3) is 0 Å². The molecule has 4 heteroatoms. The predicted octanol–water partition coefficient (Wildman–Crippen LogP) is 3.55. The van der Waals surface area contributed by atoms with Gasteiger partial charge in [0.05, 0.1) is 10.4 Å². The van der Waals surface area contributed by atoms with E-state index in [4.69, 9.17) is 11.6 Å². The molecule has 1 aliphatic rings. The van der Waals surface area contributed by atoms with Gasteiger partial charge in [0, 0.05) is 5.56 Å². The first-order chi connectivity index (χ1) is 8.01. The van der Waals surface area contributed by atoms with Crippen LogP contribution in [0.1, 0.15) is 37.3 Å². The number of hydrogen-bond acceptors (Lipinski definition) is 1. The van der Waals surface area contributed by atoms with Crippen molar-refractivity contribution in [1.82, 2.24) is 0 Å². The van der Waals surface area contributed by atoms with Crippen LogP contribution in [0.5, 0.6) is 0 Å². The summed E-state index contributed by atoms with van der Waals surface area (Å²) in [5.41, 5.74) is 0.0679. The molecular weight excluding hydrogens is 243 g/mol. The second-order valence-corrected chi connectivity index (χ2v) is 4.94. The minimum absolute atomic E-state index is 0.0203. The van der Waals surface area contributed by atoms with Gasteiger partial charge in [0.15, 0.2) is 0 Å². The maximum Gasteiger partial charge on any atom is 0.314 e. The van der Waals surface area contributed by atoms with E-state index in [0.29, 0.717) is 19.3 Å². The van der Waals surface area contributed by atoms with Gasteiger partial charge in [-0.3, -0.25) is 4.79 Å². The molecule has 92 valence electrons. The summed E-state index contributed by atoms with van der Waals surface area (Å²) < 4.78 is 14.0. The minimum atomic E-state index is -1.06. The van der Waals surface area contributed by atoms with Gasteiger partial charge < -0.3 is 5.11 Å². The summed E-state index contributed by atoms with van der Waals surface area (Å²) in [7, 11) is 0. The van der Waals surface area contributed by atoms with E-state index in [-0.39, 0.29) is 10.6 Å². The lowest BCUT2D eigenvalue weighted by molar-refractivity contribution is -0.147. The Morgan fingerprint density at radius 3 is 2.59 bits per heavy atom. The van der Waals surface area contributed by atoms with E-state index in [1.807, 2.05) is 6.92 Å². The number of hydrogen-bond donors (Lipinski definition) is 1. The molecule has 0 amide bonds. The molecule has 2 rings (SSSR count). The largest absolute Gasteiger partial charge is 0.481 e. The monoisotopic (exact) mass is 256 g/mol. The topological polar surface area (TPSA) is 37.3 Å². The molecule has 0 heterocycles. The Labute approximate surface area is 104 Å². The summed E-state index contributed by atoms with van der Waals surface area (Å²) in [5.74, 6) is -1.53. The Balaban J connectivity index is 2.57. The van der Waals surface area contributed by atoms with Gasteiger partial charge in [0.2, 0.25) is 0 Å². The third-order valence-electron chi connectivity index (χ3n) is 3.63. The second kappa shape index (κ2) is 4.30. The number of carbonyl (C=O) groups is 1. The first-order valence-corrected chi connectivity index (χ1v) is 6.11. The van der Waals surface area contributed by atoms with Crippen LogP contribution in [0, 0.1) is 5.82 Å². The Morgan fingerprint density at radius 2 is 2.18 bits per heavy atom. The third-order valence-corrected chi connectivity index (χ3v) is 3.90. The Bertz CT molecular complexity index is 467. The molecule has 0 spiro atoms. The molecule has 0 aromatic heterocycles. The lowest BCUT2D eigenvalue weighted by Gasteiger charge is -2.38. The summed E-state index contributed by atoms with van der Waals surface area (Å²) in [6, 6.07) is 3.21. The maximum absolute atomic E-state index is 14.0. The summed E-state index contributed by atoms with van der Waals surface area (Å²) in [4.78, 5) is 11.4. The van der Waals surface area contributed by atoms with Crippen molar-refractivity contribution >= 4 is 17.6 Å². The van der Waals surface area contributed by atoms with E-state index < -0.39 is 17.2 Å². The molecular formula is C13H14ClFO2. The number of carboxylic acids is 1. The number of halogens is 2. The van der Waals surface area contributed by atoms with E-state index >= 15 is 0 Å². The molecule has 0 aliphatic heterocycles. The fraction of sp³-hybridized carbons (Fsp3) is 0.462. The average Bonchev–Trinajstić information content (AvgIpc) is 2.21. The lowest BCUT2D eigenvalue weighted by Crippen LogP contribution is -2.43. The van der Waals surface area contributed by atoms with E-state index in [2.05, 4.69) is 0 Å².